The Hall–Kier alpha value is -1.95. The van der Waals surface area contributed by atoms with Gasteiger partial charge in [0, 0.05) is 0 Å². The molecule has 0 radical (unpaired) electrons. The van der Waals surface area contributed by atoms with Crippen LogP contribution in [0.2, 0.25) is 0 Å². The summed E-state index contributed by atoms with van der Waals surface area (Å²) in [4.78, 5) is 12.4. The zero-order valence-electron chi connectivity index (χ0n) is 32.8. The van der Waals surface area contributed by atoms with Crippen molar-refractivity contribution in [1.29, 1.82) is 0 Å². The Labute approximate surface area is 309 Å². The van der Waals surface area contributed by atoms with Crippen molar-refractivity contribution in [3.8, 4) is 0 Å². The lowest BCUT2D eigenvalue weighted by Crippen LogP contribution is -2.48. The number of amides is 1. The number of allylic oxidation sites excluding steroid dienone is 9. The normalized spacial score (nSPS) is 14.3. The molecule has 0 saturated carbocycles. The van der Waals surface area contributed by atoms with E-state index in [0.717, 1.165) is 51.4 Å². The first-order valence-electron chi connectivity index (χ1n) is 21.1. The standard InChI is InChI=1S/C45H81NO4/c1-3-5-7-9-11-13-15-17-18-19-20-21-22-23-24-25-26-27-28-30-32-34-36-38-40-44(49)45(50)46-42(41-47)43(48)39-37-35-33-31-29-16-14-12-10-8-6-4-2/h10,12,20-21,23-24,29,31,37,39,42-44,47-49H,3-9,11,13-19,22,25-28,30,32-36,38,40-41H2,1-2H3,(H,46,50)/b12-10+,21-20-,24-23-,31-29+,39-37+. The van der Waals surface area contributed by atoms with Gasteiger partial charge in [-0.05, 0) is 70.6 Å². The summed E-state index contributed by atoms with van der Waals surface area (Å²) in [6, 6.07) is -0.824. The predicted octanol–water partition coefficient (Wildman–Crippen LogP) is 11.9. The second-order valence-electron chi connectivity index (χ2n) is 14.2. The van der Waals surface area contributed by atoms with Gasteiger partial charge < -0.3 is 20.6 Å². The van der Waals surface area contributed by atoms with Crippen LogP contribution >= 0.6 is 0 Å². The zero-order valence-corrected chi connectivity index (χ0v) is 32.8. The van der Waals surface area contributed by atoms with Crippen LogP contribution in [-0.2, 0) is 4.79 Å². The molecule has 5 heteroatoms. The summed E-state index contributed by atoms with van der Waals surface area (Å²) in [7, 11) is 0. The van der Waals surface area contributed by atoms with E-state index in [1.54, 1.807) is 6.08 Å². The van der Waals surface area contributed by atoms with Crippen molar-refractivity contribution < 1.29 is 20.1 Å². The van der Waals surface area contributed by atoms with Crippen LogP contribution in [0.3, 0.4) is 0 Å². The van der Waals surface area contributed by atoms with E-state index in [2.05, 4.69) is 67.8 Å². The molecule has 0 aliphatic heterocycles. The number of hydrogen-bond donors (Lipinski definition) is 4. The van der Waals surface area contributed by atoms with Crippen LogP contribution in [0, 0.1) is 0 Å². The molecule has 0 rings (SSSR count). The number of carbonyl (C=O) groups excluding carboxylic acids is 1. The van der Waals surface area contributed by atoms with Crippen LogP contribution in [-0.4, -0.2) is 46.1 Å². The highest BCUT2D eigenvalue weighted by Crippen LogP contribution is 2.13. The molecule has 50 heavy (non-hydrogen) atoms. The number of aliphatic hydroxyl groups is 3. The lowest BCUT2D eigenvalue weighted by Gasteiger charge is -2.21. The highest BCUT2D eigenvalue weighted by Gasteiger charge is 2.22. The Bertz CT molecular complexity index is 861. The van der Waals surface area contributed by atoms with Gasteiger partial charge in [0.2, 0.25) is 5.91 Å². The molecule has 3 atom stereocenters. The van der Waals surface area contributed by atoms with Crippen LogP contribution in [0.5, 0.6) is 0 Å². The van der Waals surface area contributed by atoms with Crippen molar-refractivity contribution in [2.75, 3.05) is 6.61 Å². The lowest BCUT2D eigenvalue weighted by atomic mass is 10.0. The SMILES string of the molecule is CCCC/C=C/CC/C=C/CC/C=C/C(O)C(CO)NC(=O)C(O)CCCCCCCCCC/C=C\C/C=C\CCCCCCCCCCC. The molecule has 4 N–H and O–H groups in total. The van der Waals surface area contributed by atoms with Gasteiger partial charge in [-0.3, -0.25) is 4.79 Å². The van der Waals surface area contributed by atoms with Gasteiger partial charge >= 0.3 is 0 Å². The molecule has 290 valence electrons. The first-order chi connectivity index (χ1) is 24.6. The van der Waals surface area contributed by atoms with Gasteiger partial charge in [0.15, 0.2) is 0 Å². The summed E-state index contributed by atoms with van der Waals surface area (Å²) in [6.45, 7) is 4.10. The molecule has 0 heterocycles. The van der Waals surface area contributed by atoms with Crippen molar-refractivity contribution >= 4 is 5.91 Å². The van der Waals surface area contributed by atoms with Crippen LogP contribution in [0.25, 0.3) is 0 Å². The first kappa shape index (κ1) is 48.0. The second kappa shape index (κ2) is 39.8. The van der Waals surface area contributed by atoms with Gasteiger partial charge in [-0.25, -0.2) is 0 Å². The molecule has 0 aliphatic rings. The van der Waals surface area contributed by atoms with Gasteiger partial charge in [0.1, 0.15) is 6.10 Å². The first-order valence-corrected chi connectivity index (χ1v) is 21.1. The summed E-state index contributed by atoms with van der Waals surface area (Å²) in [6.07, 6.45) is 52.5. The van der Waals surface area contributed by atoms with E-state index >= 15 is 0 Å². The highest BCUT2D eigenvalue weighted by molar-refractivity contribution is 5.80. The minimum atomic E-state index is -1.12. The maximum absolute atomic E-state index is 12.4. The number of nitrogens with one attached hydrogen (secondary N) is 1. The highest BCUT2D eigenvalue weighted by atomic mass is 16.3. The number of carbonyl (C=O) groups is 1. The quantitative estimate of drug-likeness (QED) is 0.0384. The van der Waals surface area contributed by atoms with E-state index in [4.69, 9.17) is 0 Å². The fraction of sp³-hybridized carbons (Fsp3) is 0.756. The van der Waals surface area contributed by atoms with Gasteiger partial charge in [0.25, 0.3) is 0 Å². The molecule has 0 aromatic carbocycles. The maximum atomic E-state index is 12.4. The summed E-state index contributed by atoms with van der Waals surface area (Å²) < 4.78 is 0. The van der Waals surface area contributed by atoms with E-state index in [0.29, 0.717) is 6.42 Å². The minimum Gasteiger partial charge on any atom is -0.394 e. The van der Waals surface area contributed by atoms with Crippen molar-refractivity contribution in [2.45, 2.75) is 212 Å². The third-order valence-corrected chi connectivity index (χ3v) is 9.31. The average Bonchev–Trinajstić information content (AvgIpc) is 3.12. The number of rotatable bonds is 37. The van der Waals surface area contributed by atoms with Crippen LogP contribution in [0.15, 0.2) is 60.8 Å². The largest absolute Gasteiger partial charge is 0.394 e. The van der Waals surface area contributed by atoms with E-state index in [1.807, 2.05) is 6.08 Å². The second-order valence-corrected chi connectivity index (χ2v) is 14.2. The van der Waals surface area contributed by atoms with Crippen LogP contribution in [0.1, 0.15) is 194 Å². The Kier molecular flexibility index (Phi) is 38.3. The molecule has 0 bridgehead atoms. The van der Waals surface area contributed by atoms with Gasteiger partial charge in [-0.2, -0.15) is 0 Å². The lowest BCUT2D eigenvalue weighted by molar-refractivity contribution is -0.131. The van der Waals surface area contributed by atoms with Gasteiger partial charge in [-0.1, -0.05) is 184 Å². The minimum absolute atomic E-state index is 0.386. The van der Waals surface area contributed by atoms with E-state index < -0.39 is 24.2 Å². The molecule has 1 amide bonds. The molecule has 0 aromatic heterocycles. The monoisotopic (exact) mass is 700 g/mol. The Morgan fingerprint density at radius 1 is 0.500 bits per heavy atom. The molecule has 0 spiro atoms. The van der Waals surface area contributed by atoms with Crippen LogP contribution in [0.4, 0.5) is 0 Å². The Morgan fingerprint density at radius 3 is 1.40 bits per heavy atom. The Balaban J connectivity index is 3.72. The van der Waals surface area contributed by atoms with Crippen molar-refractivity contribution in [3.05, 3.63) is 60.8 Å². The smallest absolute Gasteiger partial charge is 0.249 e. The zero-order chi connectivity index (χ0) is 36.6. The maximum Gasteiger partial charge on any atom is 0.249 e. The summed E-state index contributed by atoms with van der Waals surface area (Å²) in [5.41, 5.74) is 0. The molecule has 0 saturated heterocycles. The number of unbranched alkanes of at least 4 members (excludes halogenated alkanes) is 21. The molecular formula is C45H81NO4. The summed E-state index contributed by atoms with van der Waals surface area (Å²) in [5.74, 6) is -0.526. The molecule has 5 nitrogen and oxygen atoms in total. The molecular weight excluding hydrogens is 618 g/mol. The van der Waals surface area contributed by atoms with E-state index in [9.17, 15) is 20.1 Å². The molecule has 3 unspecified atom stereocenters. The third kappa shape index (κ3) is 34.5. The van der Waals surface area contributed by atoms with Crippen molar-refractivity contribution in [3.63, 3.8) is 0 Å². The molecule has 0 fully saturated rings. The molecule has 0 aromatic rings. The predicted molar refractivity (Wildman–Crippen MR) is 217 cm³/mol. The van der Waals surface area contributed by atoms with Gasteiger partial charge in [0.05, 0.1) is 18.8 Å². The average molecular weight is 700 g/mol. The van der Waals surface area contributed by atoms with Gasteiger partial charge in [-0.15, -0.1) is 0 Å². The van der Waals surface area contributed by atoms with E-state index in [-0.39, 0.29) is 6.61 Å². The fourth-order valence-corrected chi connectivity index (χ4v) is 5.94. The van der Waals surface area contributed by atoms with E-state index in [1.165, 1.54) is 122 Å². The number of aliphatic hydroxyl groups excluding tert-OH is 3. The summed E-state index contributed by atoms with van der Waals surface area (Å²) >= 11 is 0. The topological polar surface area (TPSA) is 89.8 Å². The molecule has 0 aliphatic carbocycles. The van der Waals surface area contributed by atoms with Crippen molar-refractivity contribution in [1.82, 2.24) is 5.32 Å². The summed E-state index contributed by atoms with van der Waals surface area (Å²) in [5, 5.41) is 33.0. The van der Waals surface area contributed by atoms with Crippen LogP contribution < -0.4 is 5.32 Å². The Morgan fingerprint density at radius 2 is 0.900 bits per heavy atom. The van der Waals surface area contributed by atoms with Crippen molar-refractivity contribution in [2.24, 2.45) is 0 Å². The third-order valence-electron chi connectivity index (χ3n) is 9.31. The fourth-order valence-electron chi connectivity index (χ4n) is 5.94. The number of hydrogen-bond acceptors (Lipinski definition) is 4.